The Kier molecular flexibility index (Phi) is 9.12. The molecule has 1 aromatic carbocycles. The number of hydrogen-bond acceptors (Lipinski definition) is 4. The van der Waals surface area contributed by atoms with Crippen LogP contribution in [0, 0.1) is 6.92 Å². The van der Waals surface area contributed by atoms with Crippen molar-refractivity contribution >= 4 is 5.96 Å². The van der Waals surface area contributed by atoms with Crippen LogP contribution >= 0.6 is 0 Å². The highest BCUT2D eigenvalue weighted by atomic mass is 16.5. The van der Waals surface area contributed by atoms with Crippen LogP contribution in [-0.2, 0) is 23.7 Å². The van der Waals surface area contributed by atoms with Gasteiger partial charge in [0.2, 0.25) is 0 Å². The van der Waals surface area contributed by atoms with Gasteiger partial charge in [-0.3, -0.25) is 0 Å². The van der Waals surface area contributed by atoms with Crippen molar-refractivity contribution in [2.45, 2.75) is 52.0 Å². The highest BCUT2D eigenvalue weighted by Gasteiger charge is 2.28. The van der Waals surface area contributed by atoms with Gasteiger partial charge in [0.15, 0.2) is 11.8 Å². The average Bonchev–Trinajstić information content (AvgIpc) is 3.08. The third-order valence-corrected chi connectivity index (χ3v) is 5.71. The summed E-state index contributed by atoms with van der Waals surface area (Å²) >= 11 is 0. The van der Waals surface area contributed by atoms with Crippen LogP contribution in [0.4, 0.5) is 0 Å². The summed E-state index contributed by atoms with van der Waals surface area (Å²) in [6.07, 6.45) is 3.03. The normalized spacial score (nSPS) is 12.2. The molecule has 7 heteroatoms. The average molecular weight is 401 g/mol. The maximum Gasteiger partial charge on any atom is 0.191 e. The molecule has 0 aliphatic heterocycles. The predicted molar refractivity (Wildman–Crippen MR) is 118 cm³/mol. The maximum absolute atomic E-state index is 5.16. The van der Waals surface area contributed by atoms with Gasteiger partial charge >= 0.3 is 0 Å². The third kappa shape index (κ3) is 6.29. The van der Waals surface area contributed by atoms with Gasteiger partial charge in [-0.15, -0.1) is 10.2 Å². The summed E-state index contributed by atoms with van der Waals surface area (Å²) in [5.74, 6) is 2.53. The summed E-state index contributed by atoms with van der Waals surface area (Å²) in [5.41, 5.74) is 1.43. The first-order chi connectivity index (χ1) is 14.1. The van der Waals surface area contributed by atoms with Crippen LogP contribution in [0.5, 0.6) is 0 Å². The van der Waals surface area contributed by atoms with Crippen LogP contribution in [0.15, 0.2) is 35.3 Å². The monoisotopic (exact) mass is 400 g/mol. The number of guanidine groups is 1. The van der Waals surface area contributed by atoms with Gasteiger partial charge in [0.1, 0.15) is 12.4 Å². The van der Waals surface area contributed by atoms with E-state index in [2.05, 4.69) is 65.0 Å². The quantitative estimate of drug-likeness (QED) is 0.345. The topological polar surface area (TPSA) is 76.4 Å². The van der Waals surface area contributed by atoms with Gasteiger partial charge in [-0.25, -0.2) is 4.99 Å². The Bertz CT molecular complexity index is 752. The van der Waals surface area contributed by atoms with Crippen molar-refractivity contribution in [1.29, 1.82) is 0 Å². The minimum atomic E-state index is 0.0671. The van der Waals surface area contributed by atoms with Gasteiger partial charge in [0.25, 0.3) is 0 Å². The van der Waals surface area contributed by atoms with E-state index in [4.69, 9.17) is 9.73 Å². The second kappa shape index (κ2) is 11.6. The maximum atomic E-state index is 5.16. The fourth-order valence-corrected chi connectivity index (χ4v) is 3.39. The van der Waals surface area contributed by atoms with Gasteiger partial charge in [-0.05, 0) is 31.7 Å². The lowest BCUT2D eigenvalue weighted by Crippen LogP contribution is -2.45. The summed E-state index contributed by atoms with van der Waals surface area (Å²) in [6, 6.07) is 10.7. The molecule has 0 fully saturated rings. The van der Waals surface area contributed by atoms with E-state index in [1.54, 1.807) is 7.11 Å². The molecule has 0 atom stereocenters. The zero-order valence-electron chi connectivity index (χ0n) is 18.5. The number of aromatic nitrogens is 3. The molecule has 2 N–H and O–H groups in total. The molecule has 0 saturated heterocycles. The van der Waals surface area contributed by atoms with E-state index in [9.17, 15) is 0 Å². The number of aliphatic imine (C=N–C) groups is 1. The summed E-state index contributed by atoms with van der Waals surface area (Å²) in [4.78, 5) is 4.76. The van der Waals surface area contributed by atoms with Crippen LogP contribution in [-0.4, -0.2) is 47.5 Å². The summed E-state index contributed by atoms with van der Waals surface area (Å²) in [5, 5.41) is 15.3. The first-order valence-electron chi connectivity index (χ1n) is 10.5. The zero-order valence-corrected chi connectivity index (χ0v) is 18.5. The van der Waals surface area contributed by atoms with Crippen molar-refractivity contribution in [1.82, 2.24) is 25.4 Å². The molecule has 0 aliphatic carbocycles. The molecule has 0 bridgehead atoms. The fourth-order valence-electron chi connectivity index (χ4n) is 3.39. The zero-order chi connectivity index (χ0) is 21.1. The molecule has 0 amide bonds. The van der Waals surface area contributed by atoms with Crippen molar-refractivity contribution in [2.24, 2.45) is 12.0 Å². The van der Waals surface area contributed by atoms with E-state index in [0.717, 1.165) is 56.6 Å². The van der Waals surface area contributed by atoms with Crippen LogP contribution in [0.25, 0.3) is 0 Å². The van der Waals surface area contributed by atoms with Crippen LogP contribution in [0.1, 0.15) is 50.3 Å². The van der Waals surface area contributed by atoms with Crippen molar-refractivity contribution in [3.05, 3.63) is 47.5 Å². The van der Waals surface area contributed by atoms with Gasteiger partial charge in [-0.1, -0.05) is 44.2 Å². The first-order valence-corrected chi connectivity index (χ1v) is 10.5. The number of methoxy groups -OCH3 is 1. The molecule has 0 radical (unpaired) electrons. The number of aryl methyl sites for hydroxylation is 1. The molecule has 0 unspecified atom stereocenters. The van der Waals surface area contributed by atoms with Crippen LogP contribution in [0.2, 0.25) is 0 Å². The number of benzene rings is 1. The lowest BCUT2D eigenvalue weighted by atomic mass is 9.76. The van der Waals surface area contributed by atoms with E-state index in [0.29, 0.717) is 6.54 Å². The van der Waals surface area contributed by atoms with Gasteiger partial charge in [0.05, 0.1) is 0 Å². The van der Waals surface area contributed by atoms with Crippen molar-refractivity contribution < 1.29 is 4.74 Å². The minimum absolute atomic E-state index is 0.0671. The molecule has 0 saturated carbocycles. The number of ether oxygens (including phenoxy) is 1. The Morgan fingerprint density at radius 3 is 2.45 bits per heavy atom. The lowest BCUT2D eigenvalue weighted by Gasteiger charge is -2.33. The van der Waals surface area contributed by atoms with Crippen molar-refractivity contribution in [2.75, 3.05) is 26.8 Å². The van der Waals surface area contributed by atoms with Crippen molar-refractivity contribution in [3.8, 4) is 0 Å². The number of hydrogen-bond donors (Lipinski definition) is 2. The number of rotatable bonds is 11. The summed E-state index contributed by atoms with van der Waals surface area (Å²) < 4.78 is 7.13. The molecular formula is C22H36N6O. The highest BCUT2D eigenvalue weighted by Crippen LogP contribution is 2.30. The second-order valence-corrected chi connectivity index (χ2v) is 7.37. The smallest absolute Gasteiger partial charge is 0.191 e. The lowest BCUT2D eigenvalue weighted by molar-refractivity contribution is 0.195. The Hall–Kier alpha value is -2.41. The molecule has 160 valence electrons. The molecule has 0 aliphatic rings. The molecule has 2 aromatic rings. The van der Waals surface area contributed by atoms with E-state index >= 15 is 0 Å². The highest BCUT2D eigenvalue weighted by molar-refractivity contribution is 5.79. The summed E-state index contributed by atoms with van der Waals surface area (Å²) in [6.45, 7) is 9.27. The Labute approximate surface area is 175 Å². The van der Waals surface area contributed by atoms with Crippen LogP contribution < -0.4 is 10.6 Å². The molecular weight excluding hydrogens is 364 g/mol. The SMILES string of the molecule is CCC(CC)(CNC(=NCc1nnc(C)n1C)NCCCOC)c1ccccc1. The molecule has 29 heavy (non-hydrogen) atoms. The summed E-state index contributed by atoms with van der Waals surface area (Å²) in [7, 11) is 3.69. The molecule has 1 heterocycles. The van der Waals surface area contributed by atoms with E-state index in [-0.39, 0.29) is 5.41 Å². The fraction of sp³-hybridized carbons (Fsp3) is 0.591. The standard InChI is InChI=1S/C22H36N6O/c1-6-22(7-2,19-12-9-8-10-13-19)17-25-21(23-14-11-15-29-5)24-16-20-27-26-18(3)28(20)4/h8-10,12-13H,6-7,11,14-17H2,1-5H3,(H2,23,24,25). The van der Waals surface area contributed by atoms with E-state index in [1.807, 2.05) is 18.5 Å². The Morgan fingerprint density at radius 2 is 1.86 bits per heavy atom. The molecule has 0 spiro atoms. The number of nitrogens with one attached hydrogen (secondary N) is 2. The Balaban J connectivity index is 2.12. The molecule has 2 rings (SSSR count). The van der Waals surface area contributed by atoms with Crippen molar-refractivity contribution in [3.63, 3.8) is 0 Å². The third-order valence-electron chi connectivity index (χ3n) is 5.71. The van der Waals surface area contributed by atoms with Gasteiger partial charge in [-0.2, -0.15) is 0 Å². The first kappa shape index (κ1) is 22.9. The van der Waals surface area contributed by atoms with E-state index < -0.39 is 0 Å². The predicted octanol–water partition coefficient (Wildman–Crippen LogP) is 2.95. The minimum Gasteiger partial charge on any atom is -0.385 e. The number of nitrogens with zero attached hydrogens (tertiary/aromatic N) is 4. The van der Waals surface area contributed by atoms with E-state index in [1.165, 1.54) is 5.56 Å². The molecule has 7 nitrogen and oxygen atoms in total. The van der Waals surface area contributed by atoms with Gasteiger partial charge < -0.3 is 19.9 Å². The molecule has 1 aromatic heterocycles. The largest absolute Gasteiger partial charge is 0.385 e. The van der Waals surface area contributed by atoms with Crippen LogP contribution in [0.3, 0.4) is 0 Å². The van der Waals surface area contributed by atoms with Gasteiger partial charge in [0, 0.05) is 39.3 Å². The second-order valence-electron chi connectivity index (χ2n) is 7.37. The Morgan fingerprint density at radius 1 is 1.14 bits per heavy atom.